The molecule has 18 heavy (non-hydrogen) atoms. The second-order valence-electron chi connectivity index (χ2n) is 5.36. The van der Waals surface area contributed by atoms with Gasteiger partial charge in [0.25, 0.3) is 0 Å². The van der Waals surface area contributed by atoms with Gasteiger partial charge in [0, 0.05) is 0 Å². The highest BCUT2D eigenvalue weighted by Crippen LogP contribution is 2.16. The number of unbranched alkanes of at least 4 members (excludes halogenated alkanes) is 2. The Morgan fingerprint density at radius 1 is 1.17 bits per heavy atom. The average molecular weight is 246 g/mol. The molecule has 1 N–H and O–H groups in total. The summed E-state index contributed by atoms with van der Waals surface area (Å²) < 4.78 is 0. The molecule has 0 aliphatic rings. The summed E-state index contributed by atoms with van der Waals surface area (Å²) in [6.07, 6.45) is 8.56. The van der Waals surface area contributed by atoms with E-state index < -0.39 is 0 Å². The summed E-state index contributed by atoms with van der Waals surface area (Å²) in [5.74, 6) is 0.587. The maximum Gasteiger partial charge on any atom is 0.0512 e. The van der Waals surface area contributed by atoms with Crippen LogP contribution < -0.4 is 0 Å². The van der Waals surface area contributed by atoms with Crippen LogP contribution in [0, 0.1) is 0 Å². The SMILES string of the molecule is CC(C)c1cccc(/C=C/CCCC[C@@H](C)O)c1. The lowest BCUT2D eigenvalue weighted by molar-refractivity contribution is 0.181. The molecule has 1 rings (SSSR count). The van der Waals surface area contributed by atoms with Gasteiger partial charge in [0.05, 0.1) is 6.10 Å². The molecular formula is C17H26O. The first-order chi connectivity index (χ1) is 8.59. The zero-order valence-electron chi connectivity index (χ0n) is 11.9. The van der Waals surface area contributed by atoms with Gasteiger partial charge in [-0.1, -0.05) is 56.7 Å². The van der Waals surface area contributed by atoms with Crippen LogP contribution in [0.25, 0.3) is 6.08 Å². The van der Waals surface area contributed by atoms with Crippen molar-refractivity contribution in [3.8, 4) is 0 Å². The monoisotopic (exact) mass is 246 g/mol. The van der Waals surface area contributed by atoms with Crippen molar-refractivity contribution in [2.24, 2.45) is 0 Å². The van der Waals surface area contributed by atoms with Crippen LogP contribution in [0.15, 0.2) is 30.3 Å². The van der Waals surface area contributed by atoms with E-state index in [0.29, 0.717) is 5.92 Å². The number of rotatable bonds is 7. The molecule has 0 heterocycles. The van der Waals surface area contributed by atoms with Gasteiger partial charge in [-0.25, -0.2) is 0 Å². The number of hydrogen-bond donors (Lipinski definition) is 1. The summed E-state index contributed by atoms with van der Waals surface area (Å²) >= 11 is 0. The Morgan fingerprint density at radius 3 is 2.61 bits per heavy atom. The van der Waals surface area contributed by atoms with Crippen molar-refractivity contribution >= 4 is 6.08 Å². The van der Waals surface area contributed by atoms with Gasteiger partial charge in [-0.3, -0.25) is 0 Å². The Labute approximate surface area is 112 Å². The van der Waals surface area contributed by atoms with Crippen molar-refractivity contribution in [1.29, 1.82) is 0 Å². The van der Waals surface area contributed by atoms with Gasteiger partial charge >= 0.3 is 0 Å². The van der Waals surface area contributed by atoms with E-state index in [1.807, 2.05) is 6.92 Å². The van der Waals surface area contributed by atoms with Crippen molar-refractivity contribution in [3.63, 3.8) is 0 Å². The molecule has 0 saturated heterocycles. The number of allylic oxidation sites excluding steroid dienone is 1. The van der Waals surface area contributed by atoms with Crippen LogP contribution in [0.3, 0.4) is 0 Å². The predicted molar refractivity (Wildman–Crippen MR) is 79.7 cm³/mol. The largest absolute Gasteiger partial charge is 0.393 e. The van der Waals surface area contributed by atoms with E-state index in [-0.39, 0.29) is 6.10 Å². The molecule has 0 aliphatic heterocycles. The van der Waals surface area contributed by atoms with Crippen molar-refractivity contribution in [2.45, 2.75) is 58.5 Å². The van der Waals surface area contributed by atoms with E-state index >= 15 is 0 Å². The quantitative estimate of drug-likeness (QED) is 0.687. The Morgan fingerprint density at radius 2 is 1.94 bits per heavy atom. The molecule has 0 unspecified atom stereocenters. The third kappa shape index (κ3) is 6.02. The number of benzene rings is 1. The van der Waals surface area contributed by atoms with Crippen molar-refractivity contribution in [3.05, 3.63) is 41.5 Å². The van der Waals surface area contributed by atoms with Crippen LogP contribution in [0.5, 0.6) is 0 Å². The fraction of sp³-hybridized carbons (Fsp3) is 0.529. The smallest absolute Gasteiger partial charge is 0.0512 e. The summed E-state index contributed by atoms with van der Waals surface area (Å²) in [6.45, 7) is 6.30. The fourth-order valence-electron chi connectivity index (χ4n) is 1.94. The Kier molecular flexibility index (Phi) is 6.74. The summed E-state index contributed by atoms with van der Waals surface area (Å²) in [5, 5.41) is 9.15. The Bertz CT molecular complexity index is 364. The topological polar surface area (TPSA) is 20.2 Å². The second-order valence-corrected chi connectivity index (χ2v) is 5.36. The summed E-state index contributed by atoms with van der Waals surface area (Å²) in [4.78, 5) is 0. The van der Waals surface area contributed by atoms with Gasteiger partial charge in [-0.05, 0) is 43.2 Å². The van der Waals surface area contributed by atoms with Crippen LogP contribution in [0.2, 0.25) is 0 Å². The van der Waals surface area contributed by atoms with Gasteiger partial charge in [0.15, 0.2) is 0 Å². The molecule has 0 aliphatic carbocycles. The van der Waals surface area contributed by atoms with Crippen LogP contribution in [-0.4, -0.2) is 11.2 Å². The second kappa shape index (κ2) is 8.10. The van der Waals surface area contributed by atoms with E-state index in [4.69, 9.17) is 5.11 Å². The van der Waals surface area contributed by atoms with E-state index in [9.17, 15) is 0 Å². The van der Waals surface area contributed by atoms with Gasteiger partial charge in [0.2, 0.25) is 0 Å². The summed E-state index contributed by atoms with van der Waals surface area (Å²) in [6, 6.07) is 8.72. The molecule has 0 saturated carbocycles. The molecule has 0 bridgehead atoms. The van der Waals surface area contributed by atoms with Crippen molar-refractivity contribution in [1.82, 2.24) is 0 Å². The highest BCUT2D eigenvalue weighted by atomic mass is 16.3. The van der Waals surface area contributed by atoms with E-state index in [1.165, 1.54) is 11.1 Å². The van der Waals surface area contributed by atoms with Gasteiger partial charge < -0.3 is 5.11 Å². The van der Waals surface area contributed by atoms with Crippen LogP contribution in [-0.2, 0) is 0 Å². The van der Waals surface area contributed by atoms with E-state index in [1.54, 1.807) is 0 Å². The fourth-order valence-corrected chi connectivity index (χ4v) is 1.94. The summed E-state index contributed by atoms with van der Waals surface area (Å²) in [7, 11) is 0. The van der Waals surface area contributed by atoms with Gasteiger partial charge in [-0.2, -0.15) is 0 Å². The normalized spacial score (nSPS) is 13.4. The summed E-state index contributed by atoms with van der Waals surface area (Å²) in [5.41, 5.74) is 2.68. The predicted octanol–water partition coefficient (Wildman–Crippen LogP) is 4.76. The molecule has 0 radical (unpaired) electrons. The van der Waals surface area contributed by atoms with Crippen LogP contribution in [0.4, 0.5) is 0 Å². The minimum absolute atomic E-state index is 0.156. The molecule has 0 spiro atoms. The van der Waals surface area contributed by atoms with Gasteiger partial charge in [0.1, 0.15) is 0 Å². The molecule has 1 heteroatoms. The molecule has 1 aromatic rings. The molecule has 100 valence electrons. The van der Waals surface area contributed by atoms with Crippen LogP contribution >= 0.6 is 0 Å². The third-order valence-corrected chi connectivity index (χ3v) is 3.13. The standard InChI is InChI=1S/C17H26O/c1-14(2)17-12-8-11-16(13-17)10-7-5-4-6-9-15(3)18/h7-8,10-15,18H,4-6,9H2,1-3H3/b10-7+/t15-/m1/s1. The van der Waals surface area contributed by atoms with Crippen molar-refractivity contribution < 1.29 is 5.11 Å². The molecule has 1 atom stereocenters. The lowest BCUT2D eigenvalue weighted by atomic mass is 10.0. The molecule has 1 nitrogen and oxygen atoms in total. The zero-order chi connectivity index (χ0) is 13.4. The van der Waals surface area contributed by atoms with Gasteiger partial charge in [-0.15, -0.1) is 0 Å². The first-order valence-corrected chi connectivity index (χ1v) is 7.04. The third-order valence-electron chi connectivity index (χ3n) is 3.13. The van der Waals surface area contributed by atoms with Crippen molar-refractivity contribution in [2.75, 3.05) is 0 Å². The first-order valence-electron chi connectivity index (χ1n) is 7.04. The average Bonchev–Trinajstić information content (AvgIpc) is 2.33. The van der Waals surface area contributed by atoms with Crippen LogP contribution in [0.1, 0.15) is 63.5 Å². The maximum absolute atomic E-state index is 9.15. The zero-order valence-corrected chi connectivity index (χ0v) is 11.9. The highest BCUT2D eigenvalue weighted by molar-refractivity contribution is 5.50. The molecule has 1 aromatic carbocycles. The van der Waals surface area contributed by atoms with E-state index in [2.05, 4.69) is 50.3 Å². The number of hydrogen-bond acceptors (Lipinski definition) is 1. The highest BCUT2D eigenvalue weighted by Gasteiger charge is 1.98. The number of aliphatic hydroxyl groups is 1. The molecule has 0 fully saturated rings. The first kappa shape index (κ1) is 15.0. The minimum Gasteiger partial charge on any atom is -0.393 e. The molecule has 0 amide bonds. The lowest BCUT2D eigenvalue weighted by Gasteiger charge is -2.05. The molecular weight excluding hydrogens is 220 g/mol. The maximum atomic E-state index is 9.15. The minimum atomic E-state index is -0.156. The lowest BCUT2D eigenvalue weighted by Crippen LogP contribution is -1.97. The Hall–Kier alpha value is -1.08. The molecule has 0 aromatic heterocycles. The number of aliphatic hydroxyl groups excluding tert-OH is 1. The van der Waals surface area contributed by atoms with E-state index in [0.717, 1.165) is 25.7 Å². The Balaban J connectivity index is 2.35.